The normalized spacial score (nSPS) is 18.2. The molecule has 4 rings (SSSR count). The molecule has 0 radical (unpaired) electrons. The van der Waals surface area contributed by atoms with Crippen molar-refractivity contribution in [2.75, 3.05) is 65.7 Å². The Labute approximate surface area is 186 Å². The van der Waals surface area contributed by atoms with Crippen molar-refractivity contribution < 1.29 is 14.2 Å². The lowest BCUT2D eigenvalue weighted by Gasteiger charge is -2.26. The number of nitrogens with zero attached hydrogens (tertiary/aromatic N) is 2. The first-order valence-corrected chi connectivity index (χ1v) is 11.8. The molecule has 2 saturated heterocycles. The summed E-state index contributed by atoms with van der Waals surface area (Å²) in [5.74, 6) is 1.98. The molecule has 0 aliphatic carbocycles. The summed E-state index contributed by atoms with van der Waals surface area (Å²) in [6.07, 6.45) is 4.35. The molecule has 0 N–H and O–H groups in total. The lowest BCUT2D eigenvalue weighted by atomic mass is 10.1. The molecule has 2 aromatic carbocycles. The molecule has 5 nitrogen and oxygen atoms in total. The first kappa shape index (κ1) is 22.3. The Morgan fingerprint density at radius 1 is 0.613 bits per heavy atom. The van der Waals surface area contributed by atoms with Gasteiger partial charge in [0.1, 0.15) is 11.5 Å². The standard InChI is InChI=1S/C26H36N2O3/c1-3-11-25(23(7-1)9-5-13-27-15-19-29-20-16-27)31-26-12-4-2-8-24(26)10-6-14-28-17-21-30-22-18-28/h1-4,7-8,11-12H,5-6,9-10,13-22H2. The second-order valence-electron chi connectivity index (χ2n) is 8.43. The average molecular weight is 425 g/mol. The van der Waals surface area contributed by atoms with Crippen LogP contribution in [0.3, 0.4) is 0 Å². The molecule has 2 heterocycles. The minimum Gasteiger partial charge on any atom is -0.457 e. The first-order valence-electron chi connectivity index (χ1n) is 11.8. The van der Waals surface area contributed by atoms with Crippen LogP contribution in [-0.4, -0.2) is 75.5 Å². The summed E-state index contributed by atoms with van der Waals surface area (Å²) in [6, 6.07) is 17.0. The number of ether oxygens (including phenoxy) is 3. The maximum Gasteiger partial charge on any atom is 0.130 e. The van der Waals surface area contributed by atoms with Crippen LogP contribution in [0.1, 0.15) is 24.0 Å². The SMILES string of the molecule is c1ccc(Oc2ccccc2CCCN2CCOCC2)c(CCCN2CCOCC2)c1. The van der Waals surface area contributed by atoms with Crippen LogP contribution in [0.5, 0.6) is 11.5 Å². The van der Waals surface area contributed by atoms with E-state index < -0.39 is 0 Å². The molecule has 0 saturated carbocycles. The molecule has 31 heavy (non-hydrogen) atoms. The Bertz CT molecular complexity index is 720. The van der Waals surface area contributed by atoms with Crippen LogP contribution >= 0.6 is 0 Å². The molecule has 0 aromatic heterocycles. The summed E-state index contributed by atoms with van der Waals surface area (Å²) < 4.78 is 17.4. The van der Waals surface area contributed by atoms with Gasteiger partial charge in [-0.1, -0.05) is 36.4 Å². The van der Waals surface area contributed by atoms with Gasteiger partial charge in [0.15, 0.2) is 0 Å². The van der Waals surface area contributed by atoms with E-state index >= 15 is 0 Å². The lowest BCUT2D eigenvalue weighted by Crippen LogP contribution is -2.36. The van der Waals surface area contributed by atoms with Crippen LogP contribution in [0.25, 0.3) is 0 Å². The van der Waals surface area contributed by atoms with E-state index in [2.05, 4.69) is 58.3 Å². The van der Waals surface area contributed by atoms with Gasteiger partial charge in [-0.05, 0) is 62.0 Å². The van der Waals surface area contributed by atoms with Crippen molar-refractivity contribution in [2.24, 2.45) is 0 Å². The van der Waals surface area contributed by atoms with Gasteiger partial charge >= 0.3 is 0 Å². The van der Waals surface area contributed by atoms with Crippen molar-refractivity contribution in [3.05, 3.63) is 59.7 Å². The Kier molecular flexibility index (Phi) is 8.77. The highest BCUT2D eigenvalue weighted by Crippen LogP contribution is 2.29. The maximum absolute atomic E-state index is 6.46. The summed E-state index contributed by atoms with van der Waals surface area (Å²) in [5, 5.41) is 0. The predicted octanol–water partition coefficient (Wildman–Crippen LogP) is 4.01. The zero-order chi connectivity index (χ0) is 21.1. The van der Waals surface area contributed by atoms with Gasteiger partial charge in [-0.25, -0.2) is 0 Å². The quantitative estimate of drug-likeness (QED) is 0.576. The Morgan fingerprint density at radius 3 is 1.48 bits per heavy atom. The highest BCUT2D eigenvalue weighted by atomic mass is 16.5. The highest BCUT2D eigenvalue weighted by Gasteiger charge is 2.13. The van der Waals surface area contributed by atoms with Crippen molar-refractivity contribution in [3.8, 4) is 11.5 Å². The van der Waals surface area contributed by atoms with Gasteiger partial charge in [0.25, 0.3) is 0 Å². The van der Waals surface area contributed by atoms with Crippen LogP contribution < -0.4 is 4.74 Å². The third kappa shape index (κ3) is 7.04. The Hall–Kier alpha value is -1.92. The summed E-state index contributed by atoms with van der Waals surface area (Å²) in [5.41, 5.74) is 2.58. The third-order valence-electron chi connectivity index (χ3n) is 6.21. The second-order valence-corrected chi connectivity index (χ2v) is 8.43. The van der Waals surface area contributed by atoms with Gasteiger partial charge in [0.05, 0.1) is 26.4 Å². The van der Waals surface area contributed by atoms with Crippen LogP contribution in [-0.2, 0) is 22.3 Å². The van der Waals surface area contributed by atoms with Crippen LogP contribution in [0, 0.1) is 0 Å². The molecular formula is C26H36N2O3. The van der Waals surface area contributed by atoms with E-state index in [1.165, 1.54) is 11.1 Å². The Morgan fingerprint density at radius 2 is 1.03 bits per heavy atom. The molecule has 168 valence electrons. The number of benzene rings is 2. The molecule has 0 spiro atoms. The molecule has 2 aliphatic heterocycles. The fraction of sp³-hybridized carbons (Fsp3) is 0.538. The number of rotatable bonds is 10. The minimum atomic E-state index is 0.863. The van der Waals surface area contributed by atoms with Crippen LogP contribution in [0.4, 0.5) is 0 Å². The number of para-hydroxylation sites is 2. The van der Waals surface area contributed by atoms with Crippen molar-refractivity contribution in [1.29, 1.82) is 0 Å². The molecule has 5 heteroatoms. The highest BCUT2D eigenvalue weighted by molar-refractivity contribution is 5.41. The zero-order valence-corrected chi connectivity index (χ0v) is 18.6. The summed E-state index contributed by atoms with van der Waals surface area (Å²) >= 11 is 0. The van der Waals surface area contributed by atoms with E-state index in [1.807, 2.05) is 0 Å². The van der Waals surface area contributed by atoms with E-state index in [-0.39, 0.29) is 0 Å². The van der Waals surface area contributed by atoms with Crippen molar-refractivity contribution in [2.45, 2.75) is 25.7 Å². The molecule has 0 amide bonds. The van der Waals surface area contributed by atoms with Crippen LogP contribution in [0.15, 0.2) is 48.5 Å². The molecule has 2 fully saturated rings. The molecule has 2 aromatic rings. The maximum atomic E-state index is 6.46. The molecule has 2 aliphatic rings. The van der Waals surface area contributed by atoms with Crippen molar-refractivity contribution >= 4 is 0 Å². The molecule has 0 unspecified atom stereocenters. The monoisotopic (exact) mass is 424 g/mol. The van der Waals surface area contributed by atoms with E-state index in [0.29, 0.717) is 0 Å². The summed E-state index contributed by atoms with van der Waals surface area (Å²) in [6.45, 7) is 9.90. The minimum absolute atomic E-state index is 0.863. The van der Waals surface area contributed by atoms with Gasteiger partial charge in [-0.2, -0.15) is 0 Å². The van der Waals surface area contributed by atoms with E-state index in [4.69, 9.17) is 14.2 Å². The van der Waals surface area contributed by atoms with E-state index in [0.717, 1.165) is 103 Å². The van der Waals surface area contributed by atoms with Gasteiger partial charge in [0.2, 0.25) is 0 Å². The van der Waals surface area contributed by atoms with Gasteiger partial charge < -0.3 is 14.2 Å². The fourth-order valence-corrected chi connectivity index (χ4v) is 4.37. The van der Waals surface area contributed by atoms with Crippen molar-refractivity contribution in [3.63, 3.8) is 0 Å². The van der Waals surface area contributed by atoms with E-state index in [1.54, 1.807) is 0 Å². The second kappa shape index (κ2) is 12.2. The lowest BCUT2D eigenvalue weighted by molar-refractivity contribution is 0.0374. The molecule has 0 atom stereocenters. The van der Waals surface area contributed by atoms with Crippen molar-refractivity contribution in [1.82, 2.24) is 9.80 Å². The van der Waals surface area contributed by atoms with Gasteiger partial charge in [0, 0.05) is 26.2 Å². The van der Waals surface area contributed by atoms with Gasteiger partial charge in [-0.15, -0.1) is 0 Å². The predicted molar refractivity (Wildman–Crippen MR) is 124 cm³/mol. The third-order valence-corrected chi connectivity index (χ3v) is 6.21. The number of aryl methyl sites for hydroxylation is 2. The fourth-order valence-electron chi connectivity index (χ4n) is 4.37. The average Bonchev–Trinajstić information content (AvgIpc) is 2.83. The molecular weight excluding hydrogens is 388 g/mol. The zero-order valence-electron chi connectivity index (χ0n) is 18.6. The number of morpholine rings is 2. The topological polar surface area (TPSA) is 34.2 Å². The Balaban J connectivity index is 1.32. The van der Waals surface area contributed by atoms with E-state index in [9.17, 15) is 0 Å². The number of hydrogen-bond acceptors (Lipinski definition) is 5. The smallest absolute Gasteiger partial charge is 0.130 e. The first-order chi connectivity index (χ1) is 15.4. The summed E-state index contributed by atoms with van der Waals surface area (Å²) in [7, 11) is 0. The van der Waals surface area contributed by atoms with Crippen LogP contribution in [0.2, 0.25) is 0 Å². The largest absolute Gasteiger partial charge is 0.457 e. The van der Waals surface area contributed by atoms with Gasteiger partial charge in [-0.3, -0.25) is 9.80 Å². The summed E-state index contributed by atoms with van der Waals surface area (Å²) in [4.78, 5) is 4.99. The molecule has 0 bridgehead atoms. The number of hydrogen-bond donors (Lipinski definition) is 0.